The SMILES string of the molecule is CC(=O)OC(C)n1cc(F)c(=O)[nH]c1=O. The Hall–Kier alpha value is -1.92. The fourth-order valence-electron chi connectivity index (χ4n) is 1.03. The van der Waals surface area contributed by atoms with E-state index in [4.69, 9.17) is 0 Å². The van der Waals surface area contributed by atoms with Crippen molar-refractivity contribution in [3.8, 4) is 0 Å². The number of carbonyl (C=O) groups excluding carboxylic acids is 1. The van der Waals surface area contributed by atoms with Crippen LogP contribution in [0.1, 0.15) is 20.1 Å². The number of rotatable bonds is 2. The van der Waals surface area contributed by atoms with Crippen LogP contribution in [-0.2, 0) is 9.53 Å². The zero-order valence-corrected chi connectivity index (χ0v) is 8.11. The lowest BCUT2D eigenvalue weighted by atomic mass is 10.5. The van der Waals surface area contributed by atoms with Crippen molar-refractivity contribution >= 4 is 5.97 Å². The molecular weight excluding hydrogens is 207 g/mol. The number of aromatic amines is 1. The van der Waals surface area contributed by atoms with E-state index in [1.54, 1.807) is 4.98 Å². The van der Waals surface area contributed by atoms with Crippen LogP contribution in [0.25, 0.3) is 0 Å². The van der Waals surface area contributed by atoms with E-state index in [-0.39, 0.29) is 0 Å². The molecule has 1 aromatic heterocycles. The number of nitrogens with one attached hydrogen (secondary N) is 1. The lowest BCUT2D eigenvalue weighted by Crippen LogP contribution is -2.34. The standard InChI is InChI=1S/C8H9FN2O4/c1-4(15-5(2)12)11-3-6(9)7(13)10-8(11)14/h3-4H,1-2H3,(H,10,13,14). The van der Waals surface area contributed by atoms with E-state index in [1.165, 1.54) is 6.92 Å². The third-order valence-electron chi connectivity index (χ3n) is 1.65. The Balaban J connectivity index is 3.15. The maximum atomic E-state index is 12.8. The monoisotopic (exact) mass is 216 g/mol. The molecule has 7 heteroatoms. The molecule has 0 radical (unpaired) electrons. The summed E-state index contributed by atoms with van der Waals surface area (Å²) in [5.74, 6) is -1.73. The highest BCUT2D eigenvalue weighted by Crippen LogP contribution is 2.03. The maximum Gasteiger partial charge on any atom is 0.331 e. The van der Waals surface area contributed by atoms with Crippen LogP contribution in [0.5, 0.6) is 0 Å². The number of nitrogens with zero attached hydrogens (tertiary/aromatic N) is 1. The minimum absolute atomic E-state index is 0.610. The van der Waals surface area contributed by atoms with E-state index >= 15 is 0 Å². The van der Waals surface area contributed by atoms with Gasteiger partial charge in [-0.1, -0.05) is 0 Å². The molecule has 82 valence electrons. The average molecular weight is 216 g/mol. The molecule has 0 fully saturated rings. The molecule has 6 nitrogen and oxygen atoms in total. The first-order valence-corrected chi connectivity index (χ1v) is 4.10. The van der Waals surface area contributed by atoms with Crippen molar-refractivity contribution < 1.29 is 13.9 Å². The normalized spacial score (nSPS) is 12.2. The highest BCUT2D eigenvalue weighted by Gasteiger charge is 2.11. The van der Waals surface area contributed by atoms with Gasteiger partial charge in [0.2, 0.25) is 5.82 Å². The smallest absolute Gasteiger partial charge is 0.331 e. The van der Waals surface area contributed by atoms with Crippen molar-refractivity contribution in [1.82, 2.24) is 9.55 Å². The molecule has 1 N–H and O–H groups in total. The summed E-state index contributed by atoms with van der Waals surface area (Å²) in [6, 6.07) is 0. The van der Waals surface area contributed by atoms with Crippen LogP contribution >= 0.6 is 0 Å². The van der Waals surface area contributed by atoms with Gasteiger partial charge in [0.25, 0.3) is 5.56 Å². The first-order valence-electron chi connectivity index (χ1n) is 4.10. The number of ether oxygens (including phenoxy) is 1. The molecule has 0 aromatic carbocycles. The van der Waals surface area contributed by atoms with E-state index < -0.39 is 29.3 Å². The number of carbonyl (C=O) groups is 1. The van der Waals surface area contributed by atoms with Gasteiger partial charge >= 0.3 is 11.7 Å². The Morgan fingerprint density at radius 1 is 1.60 bits per heavy atom. The maximum absolute atomic E-state index is 12.8. The number of H-pyrrole nitrogens is 1. The van der Waals surface area contributed by atoms with Gasteiger partial charge in [0, 0.05) is 6.92 Å². The highest BCUT2D eigenvalue weighted by molar-refractivity contribution is 5.65. The van der Waals surface area contributed by atoms with Gasteiger partial charge in [0.1, 0.15) is 0 Å². The van der Waals surface area contributed by atoms with E-state index in [0.29, 0.717) is 6.20 Å². The molecule has 1 heterocycles. The third kappa shape index (κ3) is 2.52. The zero-order chi connectivity index (χ0) is 11.6. The van der Waals surface area contributed by atoms with Crippen LogP contribution in [-0.4, -0.2) is 15.5 Å². The molecular formula is C8H9FN2O4. The number of hydrogen-bond acceptors (Lipinski definition) is 4. The van der Waals surface area contributed by atoms with Gasteiger partial charge in [-0.15, -0.1) is 0 Å². The number of hydrogen-bond donors (Lipinski definition) is 1. The average Bonchev–Trinajstić information content (AvgIpc) is 2.09. The molecule has 15 heavy (non-hydrogen) atoms. The number of esters is 1. The van der Waals surface area contributed by atoms with Crippen LogP contribution in [0.2, 0.25) is 0 Å². The quantitative estimate of drug-likeness (QED) is 0.691. The second-order valence-electron chi connectivity index (χ2n) is 2.85. The molecule has 0 saturated carbocycles. The molecule has 1 unspecified atom stereocenters. The van der Waals surface area contributed by atoms with Gasteiger partial charge in [-0.2, -0.15) is 4.39 Å². The zero-order valence-electron chi connectivity index (χ0n) is 8.11. The summed E-state index contributed by atoms with van der Waals surface area (Å²) in [6.07, 6.45) is -0.282. The Labute approximate surface area is 83.3 Å². The summed E-state index contributed by atoms with van der Waals surface area (Å²) in [6.45, 7) is 2.53. The van der Waals surface area contributed by atoms with E-state index in [1.807, 2.05) is 0 Å². The third-order valence-corrected chi connectivity index (χ3v) is 1.65. The fraction of sp³-hybridized carbons (Fsp3) is 0.375. The summed E-state index contributed by atoms with van der Waals surface area (Å²) in [5.41, 5.74) is -1.94. The second-order valence-corrected chi connectivity index (χ2v) is 2.85. The second kappa shape index (κ2) is 4.07. The Kier molecular flexibility index (Phi) is 3.03. The molecule has 1 rings (SSSR count). The van der Waals surface area contributed by atoms with Crippen LogP contribution in [0, 0.1) is 5.82 Å². The van der Waals surface area contributed by atoms with Crippen molar-refractivity contribution in [2.45, 2.75) is 20.1 Å². The lowest BCUT2D eigenvalue weighted by Gasteiger charge is -2.13. The van der Waals surface area contributed by atoms with Crippen molar-refractivity contribution in [3.63, 3.8) is 0 Å². The van der Waals surface area contributed by atoms with Crippen molar-refractivity contribution in [2.75, 3.05) is 0 Å². The molecule has 0 spiro atoms. The minimum Gasteiger partial charge on any atom is -0.442 e. The lowest BCUT2D eigenvalue weighted by molar-refractivity contribution is -0.150. The Morgan fingerprint density at radius 3 is 2.73 bits per heavy atom. The van der Waals surface area contributed by atoms with Crippen molar-refractivity contribution in [1.29, 1.82) is 0 Å². The summed E-state index contributed by atoms with van der Waals surface area (Å²) >= 11 is 0. The largest absolute Gasteiger partial charge is 0.442 e. The summed E-state index contributed by atoms with van der Waals surface area (Å²) in [7, 11) is 0. The molecule has 0 aliphatic rings. The summed E-state index contributed by atoms with van der Waals surface area (Å²) < 4.78 is 18.2. The molecule has 1 aromatic rings. The number of aromatic nitrogens is 2. The molecule has 1 atom stereocenters. The van der Waals surface area contributed by atoms with Crippen molar-refractivity contribution in [3.05, 3.63) is 32.9 Å². The van der Waals surface area contributed by atoms with Gasteiger partial charge in [0.05, 0.1) is 6.20 Å². The minimum atomic E-state index is -1.12. The Bertz CT molecular complexity index is 490. The Morgan fingerprint density at radius 2 is 2.20 bits per heavy atom. The number of halogens is 1. The van der Waals surface area contributed by atoms with Crippen molar-refractivity contribution in [2.24, 2.45) is 0 Å². The first-order chi connectivity index (χ1) is 6.91. The van der Waals surface area contributed by atoms with Crippen LogP contribution in [0.15, 0.2) is 15.8 Å². The topological polar surface area (TPSA) is 81.2 Å². The van der Waals surface area contributed by atoms with E-state index in [0.717, 1.165) is 11.5 Å². The summed E-state index contributed by atoms with van der Waals surface area (Å²) in [4.78, 5) is 34.2. The van der Waals surface area contributed by atoms with Crippen LogP contribution in [0.4, 0.5) is 4.39 Å². The molecule has 0 amide bonds. The summed E-state index contributed by atoms with van der Waals surface area (Å²) in [5, 5.41) is 0. The van der Waals surface area contributed by atoms with Gasteiger partial charge in [-0.25, -0.2) is 4.79 Å². The molecule has 0 aliphatic carbocycles. The first kappa shape index (κ1) is 11.2. The van der Waals surface area contributed by atoms with Crippen LogP contribution < -0.4 is 11.2 Å². The molecule has 0 aliphatic heterocycles. The predicted octanol–water partition coefficient (Wildman–Crippen LogP) is -0.243. The predicted molar refractivity (Wildman–Crippen MR) is 47.8 cm³/mol. The molecule has 0 bridgehead atoms. The van der Waals surface area contributed by atoms with Gasteiger partial charge in [-0.05, 0) is 6.92 Å². The van der Waals surface area contributed by atoms with E-state index in [9.17, 15) is 18.8 Å². The van der Waals surface area contributed by atoms with Gasteiger partial charge < -0.3 is 4.74 Å². The van der Waals surface area contributed by atoms with Crippen LogP contribution in [0.3, 0.4) is 0 Å². The molecule has 0 saturated heterocycles. The van der Waals surface area contributed by atoms with E-state index in [2.05, 4.69) is 4.74 Å². The van der Waals surface area contributed by atoms with Gasteiger partial charge in [-0.3, -0.25) is 19.1 Å². The highest BCUT2D eigenvalue weighted by atomic mass is 19.1. The van der Waals surface area contributed by atoms with Gasteiger partial charge in [0.15, 0.2) is 6.23 Å². The fourth-order valence-corrected chi connectivity index (χ4v) is 1.03.